The summed E-state index contributed by atoms with van der Waals surface area (Å²) in [6.45, 7) is 2.28. The number of carbonyl (C=O) groups excluding carboxylic acids is 1. The minimum Gasteiger partial charge on any atom is -0.479 e. The third-order valence-electron chi connectivity index (χ3n) is 5.13. The second kappa shape index (κ2) is 7.04. The Hall–Kier alpha value is -2.86. The Morgan fingerprint density at radius 2 is 1.67 bits per heavy atom. The number of benzene rings is 2. The summed E-state index contributed by atoms with van der Waals surface area (Å²) < 4.78 is 10.9. The summed E-state index contributed by atoms with van der Waals surface area (Å²) in [7, 11) is 0. The van der Waals surface area contributed by atoms with Crippen molar-refractivity contribution in [2.24, 2.45) is 0 Å². The van der Waals surface area contributed by atoms with Crippen molar-refractivity contribution in [3.8, 4) is 11.1 Å². The van der Waals surface area contributed by atoms with E-state index in [9.17, 15) is 14.7 Å². The minimum absolute atomic E-state index is 0.00362. The quantitative estimate of drug-likeness (QED) is 0.902. The van der Waals surface area contributed by atoms with Crippen LogP contribution in [-0.4, -0.2) is 54.0 Å². The van der Waals surface area contributed by atoms with Gasteiger partial charge in [0.25, 0.3) is 0 Å². The highest BCUT2D eigenvalue weighted by Crippen LogP contribution is 2.44. The van der Waals surface area contributed by atoms with Crippen LogP contribution in [0.15, 0.2) is 48.5 Å². The number of nitrogens with zero attached hydrogens (tertiary/aromatic N) is 1. The molecule has 1 aliphatic carbocycles. The van der Waals surface area contributed by atoms with Crippen LogP contribution >= 0.6 is 0 Å². The molecule has 1 heterocycles. The molecule has 4 rings (SSSR count). The van der Waals surface area contributed by atoms with Crippen LogP contribution < -0.4 is 0 Å². The average molecular weight is 367 g/mol. The van der Waals surface area contributed by atoms with E-state index in [-0.39, 0.29) is 25.2 Å². The second-order valence-electron chi connectivity index (χ2n) is 6.98. The first-order chi connectivity index (χ1) is 13.0. The molecule has 1 aliphatic heterocycles. The predicted octanol–water partition coefficient (Wildman–Crippen LogP) is 3.11. The maximum atomic E-state index is 12.5. The third-order valence-corrected chi connectivity index (χ3v) is 5.13. The Bertz CT molecular complexity index is 835. The maximum Gasteiger partial charge on any atom is 0.409 e. The summed E-state index contributed by atoms with van der Waals surface area (Å²) in [5.41, 5.74) is 4.62. The van der Waals surface area contributed by atoms with Gasteiger partial charge in [-0.05, 0) is 29.2 Å². The largest absolute Gasteiger partial charge is 0.479 e. The number of rotatable bonds is 3. The summed E-state index contributed by atoms with van der Waals surface area (Å²) in [6.07, 6.45) is -1.87. The molecule has 1 fully saturated rings. The van der Waals surface area contributed by atoms with Crippen molar-refractivity contribution in [3.63, 3.8) is 0 Å². The van der Waals surface area contributed by atoms with Gasteiger partial charge in [-0.1, -0.05) is 48.5 Å². The van der Waals surface area contributed by atoms with Gasteiger partial charge in [0.15, 0.2) is 6.10 Å². The van der Waals surface area contributed by atoms with E-state index in [4.69, 9.17) is 9.47 Å². The number of morpholine rings is 1. The zero-order valence-electron chi connectivity index (χ0n) is 15.0. The Morgan fingerprint density at radius 3 is 2.26 bits per heavy atom. The van der Waals surface area contributed by atoms with Gasteiger partial charge in [-0.25, -0.2) is 9.59 Å². The fourth-order valence-corrected chi connectivity index (χ4v) is 3.92. The Labute approximate surface area is 157 Å². The van der Waals surface area contributed by atoms with Crippen LogP contribution in [0.4, 0.5) is 4.79 Å². The molecule has 2 aliphatic rings. The van der Waals surface area contributed by atoms with Gasteiger partial charge in [0.1, 0.15) is 6.61 Å². The van der Waals surface area contributed by atoms with E-state index >= 15 is 0 Å². The zero-order valence-corrected chi connectivity index (χ0v) is 15.0. The van der Waals surface area contributed by atoms with Crippen molar-refractivity contribution in [1.29, 1.82) is 0 Å². The summed E-state index contributed by atoms with van der Waals surface area (Å²) in [4.78, 5) is 25.2. The average Bonchev–Trinajstić information content (AvgIpc) is 2.99. The summed E-state index contributed by atoms with van der Waals surface area (Å²) in [5, 5.41) is 9.17. The number of amides is 1. The van der Waals surface area contributed by atoms with Crippen LogP contribution in [0.2, 0.25) is 0 Å². The zero-order chi connectivity index (χ0) is 19.0. The Morgan fingerprint density at radius 1 is 1.07 bits per heavy atom. The molecule has 2 unspecified atom stereocenters. The highest BCUT2D eigenvalue weighted by molar-refractivity contribution is 5.79. The lowest BCUT2D eigenvalue weighted by Gasteiger charge is -2.34. The van der Waals surface area contributed by atoms with Crippen molar-refractivity contribution in [1.82, 2.24) is 4.90 Å². The van der Waals surface area contributed by atoms with Crippen molar-refractivity contribution < 1.29 is 24.2 Å². The van der Waals surface area contributed by atoms with E-state index in [1.807, 2.05) is 24.3 Å². The van der Waals surface area contributed by atoms with Crippen LogP contribution in [0, 0.1) is 0 Å². The SMILES string of the molecule is CC1CN(C(=O)OCC2c3ccccc3-c3ccccc32)CC(C(=O)O)O1. The first-order valence-electron chi connectivity index (χ1n) is 9.02. The number of aliphatic carboxylic acids is 1. The molecule has 2 aromatic rings. The number of carboxylic acid groups (broad SMARTS) is 1. The van der Waals surface area contributed by atoms with Crippen molar-refractivity contribution in [2.45, 2.75) is 25.0 Å². The molecular formula is C21H21NO5. The van der Waals surface area contributed by atoms with Crippen LogP contribution in [0.3, 0.4) is 0 Å². The molecule has 27 heavy (non-hydrogen) atoms. The van der Waals surface area contributed by atoms with Crippen molar-refractivity contribution in [2.75, 3.05) is 19.7 Å². The van der Waals surface area contributed by atoms with E-state index in [1.165, 1.54) is 16.0 Å². The first kappa shape index (κ1) is 17.5. The van der Waals surface area contributed by atoms with Gasteiger partial charge in [0.2, 0.25) is 0 Å². The van der Waals surface area contributed by atoms with E-state index in [0.29, 0.717) is 6.54 Å². The van der Waals surface area contributed by atoms with Crippen molar-refractivity contribution in [3.05, 3.63) is 59.7 Å². The molecule has 1 N–H and O–H groups in total. The van der Waals surface area contributed by atoms with Crippen LogP contribution in [0.1, 0.15) is 24.0 Å². The smallest absolute Gasteiger partial charge is 0.409 e. The molecule has 0 bridgehead atoms. The van der Waals surface area contributed by atoms with E-state index in [0.717, 1.165) is 11.1 Å². The van der Waals surface area contributed by atoms with Crippen LogP contribution in [0.25, 0.3) is 11.1 Å². The maximum absolute atomic E-state index is 12.5. The Balaban J connectivity index is 1.49. The fourth-order valence-electron chi connectivity index (χ4n) is 3.92. The third kappa shape index (κ3) is 3.28. The molecule has 0 saturated carbocycles. The summed E-state index contributed by atoms with van der Waals surface area (Å²) in [6, 6.07) is 16.3. The molecule has 1 amide bonds. The number of hydrogen-bond acceptors (Lipinski definition) is 4. The lowest BCUT2D eigenvalue weighted by Crippen LogP contribution is -2.52. The molecule has 6 heteroatoms. The number of carbonyl (C=O) groups is 2. The van der Waals surface area contributed by atoms with E-state index < -0.39 is 18.2 Å². The lowest BCUT2D eigenvalue weighted by molar-refractivity contribution is -0.161. The predicted molar refractivity (Wildman–Crippen MR) is 98.6 cm³/mol. The summed E-state index contributed by atoms with van der Waals surface area (Å²) >= 11 is 0. The molecule has 0 aromatic heterocycles. The van der Waals surface area contributed by atoms with Gasteiger partial charge < -0.3 is 19.5 Å². The fraction of sp³-hybridized carbons (Fsp3) is 0.333. The molecule has 1 saturated heterocycles. The minimum atomic E-state index is -1.07. The Kier molecular flexibility index (Phi) is 4.58. The molecule has 2 atom stereocenters. The number of carboxylic acids is 1. The van der Waals surface area contributed by atoms with Crippen LogP contribution in [-0.2, 0) is 14.3 Å². The second-order valence-corrected chi connectivity index (χ2v) is 6.98. The van der Waals surface area contributed by atoms with E-state index in [2.05, 4.69) is 24.3 Å². The van der Waals surface area contributed by atoms with Gasteiger partial charge in [-0.2, -0.15) is 0 Å². The van der Waals surface area contributed by atoms with Gasteiger partial charge in [-0.3, -0.25) is 0 Å². The van der Waals surface area contributed by atoms with Gasteiger partial charge in [-0.15, -0.1) is 0 Å². The number of ether oxygens (including phenoxy) is 2. The monoisotopic (exact) mass is 367 g/mol. The van der Waals surface area contributed by atoms with Crippen LogP contribution in [0.5, 0.6) is 0 Å². The highest BCUT2D eigenvalue weighted by atomic mass is 16.6. The van der Waals surface area contributed by atoms with E-state index in [1.54, 1.807) is 6.92 Å². The first-order valence-corrected chi connectivity index (χ1v) is 9.02. The van der Waals surface area contributed by atoms with Gasteiger partial charge >= 0.3 is 12.1 Å². The molecule has 2 aromatic carbocycles. The highest BCUT2D eigenvalue weighted by Gasteiger charge is 2.34. The molecule has 0 spiro atoms. The standard InChI is InChI=1S/C21H21NO5/c1-13-10-22(11-19(27-13)20(23)24)21(25)26-12-18-16-8-4-2-6-14(16)15-7-3-5-9-17(15)18/h2-9,13,18-19H,10-12H2,1H3,(H,23,24). The number of hydrogen-bond donors (Lipinski definition) is 1. The van der Waals surface area contributed by atoms with Gasteiger partial charge in [0, 0.05) is 5.92 Å². The molecule has 6 nitrogen and oxygen atoms in total. The molecular weight excluding hydrogens is 346 g/mol. The topological polar surface area (TPSA) is 76.1 Å². The number of fused-ring (bicyclic) bond motifs is 3. The van der Waals surface area contributed by atoms with Gasteiger partial charge in [0.05, 0.1) is 19.2 Å². The molecule has 0 radical (unpaired) electrons. The van der Waals surface area contributed by atoms with Crippen molar-refractivity contribution >= 4 is 12.1 Å². The molecule has 140 valence electrons. The lowest BCUT2D eigenvalue weighted by atomic mass is 9.98. The normalized spacial score (nSPS) is 21.4. The summed E-state index contributed by atoms with van der Waals surface area (Å²) in [5.74, 6) is -1.09.